The van der Waals surface area contributed by atoms with Gasteiger partial charge in [-0.15, -0.1) is 0 Å². The van der Waals surface area contributed by atoms with Crippen LogP contribution in [0.2, 0.25) is 0 Å². The molecule has 2 rings (SSSR count). The third-order valence-corrected chi connectivity index (χ3v) is 3.60. The Bertz CT molecular complexity index is 475. The third-order valence-electron chi connectivity index (χ3n) is 3.60. The van der Waals surface area contributed by atoms with Crippen LogP contribution in [0.5, 0.6) is 0 Å². The number of aromatic nitrogens is 2. The lowest BCUT2D eigenvalue weighted by atomic mass is 9.81. The zero-order valence-corrected chi connectivity index (χ0v) is 11.3. The van der Waals surface area contributed by atoms with Crippen LogP contribution >= 0.6 is 0 Å². The van der Waals surface area contributed by atoms with Crippen molar-refractivity contribution in [3.8, 4) is 0 Å². The normalized spacial score (nSPS) is 17.8. The van der Waals surface area contributed by atoms with E-state index in [1.807, 2.05) is 0 Å². The molecule has 1 heterocycles. The van der Waals surface area contributed by atoms with Gasteiger partial charge in [-0.2, -0.15) is 5.10 Å². The van der Waals surface area contributed by atoms with Crippen LogP contribution in [0.15, 0.2) is 12.4 Å². The standard InChI is InChI=1S/C13H19N3O3/c1-16-9-10(8-14-16)11(17)15-13(12(18)19-2)6-4-3-5-7-13/h8-9H,3-7H2,1-2H3,(H,15,17). The highest BCUT2D eigenvalue weighted by atomic mass is 16.5. The highest BCUT2D eigenvalue weighted by Crippen LogP contribution is 2.29. The second kappa shape index (κ2) is 5.42. The fourth-order valence-electron chi connectivity index (χ4n) is 2.56. The second-order valence-electron chi connectivity index (χ2n) is 4.99. The van der Waals surface area contributed by atoms with E-state index in [0.29, 0.717) is 18.4 Å². The molecular weight excluding hydrogens is 246 g/mol. The predicted molar refractivity (Wildman–Crippen MR) is 68.5 cm³/mol. The molecule has 0 spiro atoms. The van der Waals surface area contributed by atoms with Crippen molar-refractivity contribution in [2.45, 2.75) is 37.6 Å². The van der Waals surface area contributed by atoms with Gasteiger partial charge in [-0.05, 0) is 12.8 Å². The van der Waals surface area contributed by atoms with Gasteiger partial charge in [0.25, 0.3) is 5.91 Å². The maximum atomic E-state index is 12.2. The van der Waals surface area contributed by atoms with E-state index in [2.05, 4.69) is 10.4 Å². The van der Waals surface area contributed by atoms with E-state index in [0.717, 1.165) is 19.3 Å². The van der Waals surface area contributed by atoms with E-state index < -0.39 is 5.54 Å². The average molecular weight is 265 g/mol. The van der Waals surface area contributed by atoms with Crippen molar-refractivity contribution >= 4 is 11.9 Å². The molecule has 1 N–H and O–H groups in total. The first kappa shape index (κ1) is 13.6. The van der Waals surface area contributed by atoms with E-state index in [4.69, 9.17) is 4.74 Å². The van der Waals surface area contributed by atoms with Gasteiger partial charge in [0.1, 0.15) is 5.54 Å². The molecule has 1 aromatic heterocycles. The van der Waals surface area contributed by atoms with Crippen LogP contribution in [-0.2, 0) is 16.6 Å². The van der Waals surface area contributed by atoms with Gasteiger partial charge in [-0.1, -0.05) is 19.3 Å². The number of aryl methyl sites for hydroxylation is 1. The summed E-state index contributed by atoms with van der Waals surface area (Å²) >= 11 is 0. The van der Waals surface area contributed by atoms with Crippen LogP contribution in [-0.4, -0.2) is 34.3 Å². The first-order valence-electron chi connectivity index (χ1n) is 6.47. The minimum atomic E-state index is -0.875. The number of esters is 1. The van der Waals surface area contributed by atoms with Gasteiger partial charge in [0.15, 0.2) is 0 Å². The average Bonchev–Trinajstić information content (AvgIpc) is 2.85. The van der Waals surface area contributed by atoms with E-state index in [1.165, 1.54) is 13.3 Å². The second-order valence-corrected chi connectivity index (χ2v) is 4.99. The summed E-state index contributed by atoms with van der Waals surface area (Å²) in [6.07, 6.45) is 7.30. The van der Waals surface area contributed by atoms with E-state index in [1.54, 1.807) is 17.9 Å². The first-order valence-corrected chi connectivity index (χ1v) is 6.47. The maximum absolute atomic E-state index is 12.2. The Morgan fingerprint density at radius 3 is 2.58 bits per heavy atom. The molecule has 0 radical (unpaired) electrons. The van der Waals surface area contributed by atoms with E-state index >= 15 is 0 Å². The summed E-state index contributed by atoms with van der Waals surface area (Å²) in [5.41, 5.74) is -0.420. The summed E-state index contributed by atoms with van der Waals surface area (Å²) in [7, 11) is 3.10. The van der Waals surface area contributed by atoms with Gasteiger partial charge in [0.2, 0.25) is 0 Å². The molecule has 0 aromatic carbocycles. The highest BCUT2D eigenvalue weighted by molar-refractivity contribution is 5.97. The summed E-state index contributed by atoms with van der Waals surface area (Å²) in [6, 6.07) is 0. The van der Waals surface area contributed by atoms with Crippen LogP contribution in [0, 0.1) is 0 Å². The van der Waals surface area contributed by atoms with Crippen molar-refractivity contribution in [2.75, 3.05) is 7.11 Å². The van der Waals surface area contributed by atoms with Crippen LogP contribution in [0.4, 0.5) is 0 Å². The van der Waals surface area contributed by atoms with Crippen molar-refractivity contribution in [2.24, 2.45) is 7.05 Å². The van der Waals surface area contributed by atoms with Crippen LogP contribution in [0.25, 0.3) is 0 Å². The predicted octanol–water partition coefficient (Wildman–Crippen LogP) is 1.03. The molecule has 1 aliphatic carbocycles. The van der Waals surface area contributed by atoms with Crippen LogP contribution < -0.4 is 5.32 Å². The lowest BCUT2D eigenvalue weighted by Gasteiger charge is -2.35. The van der Waals surface area contributed by atoms with Gasteiger partial charge in [-0.25, -0.2) is 4.79 Å². The van der Waals surface area contributed by atoms with Crippen LogP contribution in [0.1, 0.15) is 42.5 Å². The summed E-state index contributed by atoms with van der Waals surface area (Å²) in [5.74, 6) is -0.634. The number of carbonyl (C=O) groups excluding carboxylic acids is 2. The Morgan fingerprint density at radius 1 is 1.37 bits per heavy atom. The molecule has 1 aliphatic rings. The minimum Gasteiger partial charge on any atom is -0.467 e. The summed E-state index contributed by atoms with van der Waals surface area (Å²) in [4.78, 5) is 24.2. The molecule has 1 saturated carbocycles. The lowest BCUT2D eigenvalue weighted by molar-refractivity contribution is -0.149. The number of ether oxygens (including phenoxy) is 1. The molecule has 1 amide bonds. The number of amides is 1. The quantitative estimate of drug-likeness (QED) is 0.828. The van der Waals surface area contributed by atoms with Crippen molar-refractivity contribution in [3.63, 3.8) is 0 Å². The highest BCUT2D eigenvalue weighted by Gasteiger charge is 2.42. The largest absolute Gasteiger partial charge is 0.467 e. The minimum absolute atomic E-state index is 0.277. The summed E-state index contributed by atoms with van der Waals surface area (Å²) in [5, 5.41) is 6.80. The molecule has 0 atom stereocenters. The van der Waals surface area contributed by atoms with E-state index in [9.17, 15) is 9.59 Å². The molecule has 0 aliphatic heterocycles. The van der Waals surface area contributed by atoms with Gasteiger partial charge < -0.3 is 10.1 Å². The molecule has 6 heteroatoms. The Kier molecular flexibility index (Phi) is 3.87. The smallest absolute Gasteiger partial charge is 0.331 e. The van der Waals surface area contributed by atoms with Crippen LogP contribution in [0.3, 0.4) is 0 Å². The molecule has 0 saturated heterocycles. The Morgan fingerprint density at radius 2 is 2.05 bits per heavy atom. The molecule has 19 heavy (non-hydrogen) atoms. The number of rotatable bonds is 3. The SMILES string of the molecule is COC(=O)C1(NC(=O)c2cnn(C)c2)CCCCC1. The molecule has 0 bridgehead atoms. The van der Waals surface area contributed by atoms with Gasteiger partial charge >= 0.3 is 5.97 Å². The molecule has 104 valence electrons. The number of nitrogens with one attached hydrogen (secondary N) is 1. The van der Waals surface area contributed by atoms with Crippen molar-refractivity contribution in [3.05, 3.63) is 18.0 Å². The fourth-order valence-corrected chi connectivity index (χ4v) is 2.56. The summed E-state index contributed by atoms with van der Waals surface area (Å²) in [6.45, 7) is 0. The Labute approximate surface area is 112 Å². The first-order chi connectivity index (χ1) is 9.07. The van der Waals surface area contributed by atoms with E-state index in [-0.39, 0.29) is 11.9 Å². The molecule has 6 nitrogen and oxygen atoms in total. The molecule has 0 unspecified atom stereocenters. The zero-order valence-electron chi connectivity index (χ0n) is 11.3. The number of nitrogens with zero attached hydrogens (tertiary/aromatic N) is 2. The molecule has 1 aromatic rings. The van der Waals surface area contributed by atoms with Crippen molar-refractivity contribution in [1.29, 1.82) is 0 Å². The van der Waals surface area contributed by atoms with Gasteiger partial charge in [0, 0.05) is 13.2 Å². The topological polar surface area (TPSA) is 73.2 Å². The Hall–Kier alpha value is -1.85. The number of methoxy groups -OCH3 is 1. The zero-order chi connectivity index (χ0) is 13.9. The van der Waals surface area contributed by atoms with Crippen molar-refractivity contribution < 1.29 is 14.3 Å². The maximum Gasteiger partial charge on any atom is 0.331 e. The number of hydrogen-bond acceptors (Lipinski definition) is 4. The Balaban J connectivity index is 2.16. The van der Waals surface area contributed by atoms with Gasteiger partial charge in [0.05, 0.1) is 18.9 Å². The molecular formula is C13H19N3O3. The lowest BCUT2D eigenvalue weighted by Crippen LogP contribution is -2.56. The molecule has 1 fully saturated rings. The number of hydrogen-bond donors (Lipinski definition) is 1. The monoisotopic (exact) mass is 265 g/mol. The third kappa shape index (κ3) is 2.77. The summed E-state index contributed by atoms with van der Waals surface area (Å²) < 4.78 is 6.42. The van der Waals surface area contributed by atoms with Crippen molar-refractivity contribution in [1.82, 2.24) is 15.1 Å². The fraction of sp³-hybridized carbons (Fsp3) is 0.615. The number of carbonyl (C=O) groups is 2. The van der Waals surface area contributed by atoms with Gasteiger partial charge in [-0.3, -0.25) is 9.48 Å².